The summed E-state index contributed by atoms with van der Waals surface area (Å²) in [5.74, 6) is 0. The summed E-state index contributed by atoms with van der Waals surface area (Å²) in [4.78, 5) is 5.79. The van der Waals surface area contributed by atoms with E-state index in [0.29, 0.717) is 6.04 Å². The Morgan fingerprint density at radius 3 is 3.10 bits per heavy atom. The minimum absolute atomic E-state index is 0.671. The summed E-state index contributed by atoms with van der Waals surface area (Å²) in [6, 6.07) is 0.671. The summed E-state index contributed by atoms with van der Waals surface area (Å²) in [7, 11) is 0. The van der Waals surface area contributed by atoms with Crippen LogP contribution in [0.2, 0.25) is 0 Å². The number of nitrogens with one attached hydrogen (secondary N) is 1. The molecule has 0 radical (unpaired) electrons. The first-order chi connectivity index (χ1) is 9.69. The average molecular weight is 310 g/mol. The van der Waals surface area contributed by atoms with Gasteiger partial charge in [-0.15, -0.1) is 11.3 Å². The predicted molar refractivity (Wildman–Crippen MR) is 88.9 cm³/mol. The van der Waals surface area contributed by atoms with Gasteiger partial charge in [0, 0.05) is 28.9 Å². The Labute approximate surface area is 129 Å². The van der Waals surface area contributed by atoms with E-state index in [1.807, 2.05) is 11.8 Å². The van der Waals surface area contributed by atoms with Crippen LogP contribution in [0.3, 0.4) is 0 Å². The van der Waals surface area contributed by atoms with Crippen molar-refractivity contribution in [3.05, 3.63) is 22.5 Å². The van der Waals surface area contributed by atoms with Crippen LogP contribution in [-0.2, 0) is 6.54 Å². The smallest absolute Gasteiger partial charge is 0.194 e. The van der Waals surface area contributed by atoms with E-state index in [9.17, 15) is 0 Å². The van der Waals surface area contributed by atoms with Gasteiger partial charge in [-0.25, -0.2) is 4.98 Å². The Balaban J connectivity index is 1.70. The van der Waals surface area contributed by atoms with Crippen LogP contribution >= 0.6 is 23.1 Å². The van der Waals surface area contributed by atoms with Crippen LogP contribution < -0.4 is 5.32 Å². The van der Waals surface area contributed by atoms with E-state index < -0.39 is 0 Å². The number of imidazole rings is 1. The van der Waals surface area contributed by atoms with E-state index in [1.165, 1.54) is 42.8 Å². The summed E-state index contributed by atoms with van der Waals surface area (Å²) < 4.78 is 2.31. The largest absolute Gasteiger partial charge is 0.308 e. The Hall–Kier alpha value is -0.520. The lowest BCUT2D eigenvalue weighted by Gasteiger charge is -2.28. The van der Waals surface area contributed by atoms with Gasteiger partial charge in [-0.05, 0) is 39.4 Å². The molecular weight excluding hydrogens is 286 g/mol. The molecule has 0 aliphatic heterocycles. The fourth-order valence-corrected chi connectivity index (χ4v) is 4.92. The number of fused-ring (bicyclic) bond motifs is 1. The molecular formula is C15H23N3S2. The number of hydrogen-bond acceptors (Lipinski definition) is 4. The van der Waals surface area contributed by atoms with Gasteiger partial charge >= 0.3 is 0 Å². The monoisotopic (exact) mass is 309 g/mol. The zero-order valence-corrected chi connectivity index (χ0v) is 14.1. The molecule has 1 N–H and O–H groups in total. The highest BCUT2D eigenvalue weighted by Gasteiger charge is 2.21. The number of nitrogens with zero attached hydrogens (tertiary/aromatic N) is 2. The molecule has 2 aromatic heterocycles. The van der Waals surface area contributed by atoms with Crippen molar-refractivity contribution < 1.29 is 0 Å². The Kier molecular flexibility index (Phi) is 4.38. The minimum Gasteiger partial charge on any atom is -0.308 e. The van der Waals surface area contributed by atoms with Crippen LogP contribution in [0, 0.1) is 13.8 Å². The van der Waals surface area contributed by atoms with Gasteiger partial charge < -0.3 is 5.32 Å². The van der Waals surface area contributed by atoms with Crippen molar-refractivity contribution in [2.45, 2.75) is 57.4 Å². The SMILES string of the molecule is CSC1CCCC(NCc2c(C)nc3scc(C)n23)C1. The molecule has 2 heterocycles. The summed E-state index contributed by atoms with van der Waals surface area (Å²) in [6.45, 7) is 5.23. The molecule has 0 bridgehead atoms. The zero-order valence-electron chi connectivity index (χ0n) is 12.5. The lowest BCUT2D eigenvalue weighted by Crippen LogP contribution is -2.35. The number of thioether (sulfide) groups is 1. The van der Waals surface area contributed by atoms with Gasteiger partial charge in [-0.3, -0.25) is 4.40 Å². The molecule has 5 heteroatoms. The van der Waals surface area contributed by atoms with E-state index in [0.717, 1.165) is 16.8 Å². The third kappa shape index (κ3) is 2.76. The minimum atomic E-state index is 0.671. The van der Waals surface area contributed by atoms with E-state index in [1.54, 1.807) is 11.3 Å². The Morgan fingerprint density at radius 1 is 1.45 bits per heavy atom. The van der Waals surface area contributed by atoms with Gasteiger partial charge in [0.1, 0.15) is 0 Å². The lowest BCUT2D eigenvalue weighted by molar-refractivity contribution is 0.377. The van der Waals surface area contributed by atoms with Gasteiger partial charge in [0.05, 0.1) is 11.4 Å². The van der Waals surface area contributed by atoms with Gasteiger partial charge in [0.15, 0.2) is 4.96 Å². The molecule has 2 atom stereocenters. The molecule has 1 fully saturated rings. The maximum absolute atomic E-state index is 4.67. The van der Waals surface area contributed by atoms with Crippen LogP contribution in [0.5, 0.6) is 0 Å². The maximum atomic E-state index is 4.67. The maximum Gasteiger partial charge on any atom is 0.194 e. The van der Waals surface area contributed by atoms with Crippen molar-refractivity contribution in [3.8, 4) is 0 Å². The molecule has 2 aromatic rings. The number of thiazole rings is 1. The zero-order chi connectivity index (χ0) is 14.1. The van der Waals surface area contributed by atoms with Crippen LogP contribution in [0.15, 0.2) is 5.38 Å². The molecule has 0 amide bonds. The summed E-state index contributed by atoms with van der Waals surface area (Å²) in [5.41, 5.74) is 3.81. The third-order valence-electron chi connectivity index (χ3n) is 4.35. The fourth-order valence-electron chi connectivity index (χ4n) is 3.16. The highest BCUT2D eigenvalue weighted by atomic mass is 32.2. The molecule has 20 heavy (non-hydrogen) atoms. The highest BCUT2D eigenvalue weighted by molar-refractivity contribution is 7.99. The quantitative estimate of drug-likeness (QED) is 0.932. The first-order valence-corrected chi connectivity index (χ1v) is 9.54. The summed E-state index contributed by atoms with van der Waals surface area (Å²) >= 11 is 3.76. The van der Waals surface area contributed by atoms with Gasteiger partial charge in [-0.1, -0.05) is 6.42 Å². The van der Waals surface area contributed by atoms with E-state index in [2.05, 4.69) is 40.2 Å². The molecule has 0 spiro atoms. The van der Waals surface area contributed by atoms with Crippen molar-refractivity contribution in [1.82, 2.24) is 14.7 Å². The highest BCUT2D eigenvalue weighted by Crippen LogP contribution is 2.27. The van der Waals surface area contributed by atoms with Gasteiger partial charge in [-0.2, -0.15) is 11.8 Å². The van der Waals surface area contributed by atoms with Crippen LogP contribution in [-0.4, -0.2) is 26.9 Å². The summed E-state index contributed by atoms with van der Waals surface area (Å²) in [6.07, 6.45) is 7.62. The predicted octanol–water partition coefficient (Wildman–Crippen LogP) is 3.78. The topological polar surface area (TPSA) is 29.3 Å². The molecule has 1 aliphatic rings. The molecule has 0 saturated heterocycles. The van der Waals surface area contributed by atoms with E-state index >= 15 is 0 Å². The van der Waals surface area contributed by atoms with Gasteiger partial charge in [0.2, 0.25) is 0 Å². The Bertz CT molecular complexity index is 587. The standard InChI is InChI=1S/C15H23N3S2/c1-10-9-20-15-17-11(2)14(18(10)15)8-16-12-5-4-6-13(7-12)19-3/h9,12-13,16H,4-8H2,1-3H3. The first-order valence-electron chi connectivity index (χ1n) is 7.37. The van der Waals surface area contributed by atoms with Crippen molar-refractivity contribution in [2.24, 2.45) is 0 Å². The molecule has 1 aliphatic carbocycles. The number of aromatic nitrogens is 2. The molecule has 110 valence electrons. The average Bonchev–Trinajstić information content (AvgIpc) is 2.96. The second-order valence-electron chi connectivity index (χ2n) is 5.74. The van der Waals surface area contributed by atoms with E-state index in [-0.39, 0.29) is 0 Å². The fraction of sp³-hybridized carbons (Fsp3) is 0.667. The molecule has 0 aromatic carbocycles. The van der Waals surface area contributed by atoms with E-state index in [4.69, 9.17) is 0 Å². The van der Waals surface area contributed by atoms with Crippen molar-refractivity contribution in [3.63, 3.8) is 0 Å². The first kappa shape index (κ1) is 14.4. The Morgan fingerprint density at radius 2 is 2.30 bits per heavy atom. The molecule has 3 rings (SSSR count). The third-order valence-corrected chi connectivity index (χ3v) is 6.39. The molecule has 1 saturated carbocycles. The van der Waals surface area contributed by atoms with Crippen molar-refractivity contribution in [2.75, 3.05) is 6.26 Å². The molecule has 3 nitrogen and oxygen atoms in total. The number of aryl methyl sites for hydroxylation is 2. The van der Waals surface area contributed by atoms with Crippen molar-refractivity contribution >= 4 is 28.1 Å². The van der Waals surface area contributed by atoms with Crippen molar-refractivity contribution in [1.29, 1.82) is 0 Å². The van der Waals surface area contributed by atoms with Gasteiger partial charge in [0.25, 0.3) is 0 Å². The van der Waals surface area contributed by atoms with Crippen LogP contribution in [0.1, 0.15) is 42.8 Å². The number of rotatable bonds is 4. The second kappa shape index (κ2) is 6.08. The van der Waals surface area contributed by atoms with Crippen LogP contribution in [0.25, 0.3) is 4.96 Å². The van der Waals surface area contributed by atoms with Crippen LogP contribution in [0.4, 0.5) is 0 Å². The molecule has 2 unspecified atom stereocenters. The second-order valence-corrected chi connectivity index (χ2v) is 7.72. The summed E-state index contributed by atoms with van der Waals surface area (Å²) in [5, 5.41) is 6.80. The normalized spacial score (nSPS) is 23.6. The number of hydrogen-bond donors (Lipinski definition) is 1. The lowest BCUT2D eigenvalue weighted by atomic mass is 9.95.